The van der Waals surface area contributed by atoms with E-state index in [0.29, 0.717) is 34.6 Å². The topological polar surface area (TPSA) is 94.6 Å². The van der Waals surface area contributed by atoms with Crippen LogP contribution in [0.4, 0.5) is 11.5 Å². The number of aliphatic carboxylic acids is 1. The molecule has 0 saturated carbocycles. The minimum absolute atomic E-state index is 0.162. The number of hydrogen-bond acceptors (Lipinski definition) is 5. The molecule has 3 N–H and O–H groups in total. The molecule has 4 rings (SSSR count). The Hall–Kier alpha value is -3.00. The van der Waals surface area contributed by atoms with Crippen LogP contribution in [0.3, 0.4) is 0 Å². The number of halogens is 3. The molecule has 1 unspecified atom stereocenters. The van der Waals surface area contributed by atoms with E-state index in [2.05, 4.69) is 20.5 Å². The van der Waals surface area contributed by atoms with E-state index in [9.17, 15) is 14.7 Å². The predicted octanol–water partition coefficient (Wildman–Crippen LogP) is 6.53. The smallest absolute Gasteiger partial charge is 0.326 e. The summed E-state index contributed by atoms with van der Waals surface area (Å²) in [5.74, 6) is -0.0693. The highest BCUT2D eigenvalue weighted by Gasteiger charge is 2.28. The fourth-order valence-corrected chi connectivity index (χ4v) is 5.58. The predicted molar refractivity (Wildman–Crippen MR) is 166 cm³/mol. The number of piperidine rings is 1. The molecular weight excluding hydrogens is 583 g/mol. The third-order valence-corrected chi connectivity index (χ3v) is 8.20. The highest BCUT2D eigenvalue weighted by atomic mass is 35.6. The zero-order chi connectivity index (χ0) is 29.6. The Morgan fingerprint density at radius 3 is 2.39 bits per heavy atom. The molecule has 1 fully saturated rings. The number of pyridine rings is 1. The van der Waals surface area contributed by atoms with Gasteiger partial charge in [-0.25, -0.2) is 9.78 Å². The number of nitrogens with one attached hydrogen (secondary N) is 2. The molecule has 1 aromatic heterocycles. The van der Waals surface area contributed by atoms with Crippen LogP contribution >= 0.6 is 34.8 Å². The van der Waals surface area contributed by atoms with Gasteiger partial charge in [-0.15, -0.1) is 0 Å². The van der Waals surface area contributed by atoms with Crippen LogP contribution in [-0.4, -0.2) is 47.6 Å². The SMILES string of the molecule is CCc1cc(C(Cl)(Cl)Cl)cc(C)c1C(=O)NC(Cc1ccc(N2CCC(CNc3ccccn3)CC2)cc1)C(=O)O. The molecule has 41 heavy (non-hydrogen) atoms. The van der Waals surface area contributed by atoms with Crippen molar-refractivity contribution in [2.75, 3.05) is 29.9 Å². The second-order valence-corrected chi connectivity index (χ2v) is 12.7. The quantitative estimate of drug-likeness (QED) is 0.224. The Labute approximate surface area is 256 Å². The van der Waals surface area contributed by atoms with Crippen LogP contribution < -0.4 is 15.5 Å². The molecular formula is C31H35Cl3N4O3. The largest absolute Gasteiger partial charge is 0.480 e. The number of hydrogen-bond donors (Lipinski definition) is 3. The van der Waals surface area contributed by atoms with E-state index in [1.54, 1.807) is 25.3 Å². The number of rotatable bonds is 10. The standard InChI is InChI=1S/C31H35Cl3N4O3/c1-3-23-18-24(31(32,33)34)16-20(2)28(23)29(39)37-26(30(40)41)17-21-7-9-25(10-8-21)38-14-11-22(12-15-38)19-36-27-6-4-5-13-35-27/h4-10,13,16,18,22,26H,3,11-12,14-15,17,19H2,1-2H3,(H,35,36)(H,37,39)(H,40,41). The Balaban J connectivity index is 1.35. The molecule has 1 saturated heterocycles. The maximum absolute atomic E-state index is 13.2. The summed E-state index contributed by atoms with van der Waals surface area (Å²) in [5.41, 5.74) is 4.12. The molecule has 0 bridgehead atoms. The summed E-state index contributed by atoms with van der Waals surface area (Å²) < 4.78 is -1.62. The molecule has 0 aliphatic carbocycles. The molecule has 1 aliphatic rings. The van der Waals surface area contributed by atoms with Crippen LogP contribution in [-0.2, 0) is 21.4 Å². The third kappa shape index (κ3) is 8.28. The van der Waals surface area contributed by atoms with Crippen LogP contribution in [0, 0.1) is 12.8 Å². The van der Waals surface area contributed by atoms with Gasteiger partial charge in [0.05, 0.1) is 0 Å². The molecule has 1 amide bonds. The lowest BCUT2D eigenvalue weighted by Gasteiger charge is -2.34. The fraction of sp³-hybridized carbons (Fsp3) is 0.387. The number of aryl methyl sites for hydroxylation is 2. The third-order valence-electron chi connectivity index (χ3n) is 7.55. The maximum atomic E-state index is 13.2. The van der Waals surface area contributed by atoms with Gasteiger partial charge in [-0.05, 0) is 73.1 Å². The molecule has 218 valence electrons. The van der Waals surface area contributed by atoms with E-state index in [1.807, 2.05) is 49.4 Å². The maximum Gasteiger partial charge on any atom is 0.326 e. The van der Waals surface area contributed by atoms with Crippen molar-refractivity contribution < 1.29 is 14.7 Å². The zero-order valence-corrected chi connectivity index (χ0v) is 25.4. The number of carboxylic acid groups (broad SMARTS) is 1. The Morgan fingerprint density at radius 1 is 1.10 bits per heavy atom. The molecule has 2 aromatic carbocycles. The van der Waals surface area contributed by atoms with E-state index in [1.165, 1.54) is 0 Å². The Morgan fingerprint density at radius 2 is 1.80 bits per heavy atom. The molecule has 0 radical (unpaired) electrons. The van der Waals surface area contributed by atoms with Gasteiger partial charge in [0.25, 0.3) is 5.91 Å². The number of carboxylic acids is 1. The van der Waals surface area contributed by atoms with E-state index >= 15 is 0 Å². The number of nitrogens with zero attached hydrogens (tertiary/aromatic N) is 2. The van der Waals surface area contributed by atoms with Gasteiger partial charge in [-0.2, -0.15) is 0 Å². The lowest BCUT2D eigenvalue weighted by atomic mass is 9.95. The van der Waals surface area contributed by atoms with Gasteiger partial charge in [0.15, 0.2) is 0 Å². The average molecular weight is 618 g/mol. The first-order valence-electron chi connectivity index (χ1n) is 13.8. The summed E-state index contributed by atoms with van der Waals surface area (Å²) in [7, 11) is 0. The van der Waals surface area contributed by atoms with Crippen molar-refractivity contribution >= 4 is 58.2 Å². The van der Waals surface area contributed by atoms with Gasteiger partial charge in [0.1, 0.15) is 11.9 Å². The van der Waals surface area contributed by atoms with E-state index in [0.717, 1.165) is 49.5 Å². The van der Waals surface area contributed by atoms with Gasteiger partial charge in [0.2, 0.25) is 3.79 Å². The number of carbonyl (C=O) groups excluding carboxylic acids is 1. The van der Waals surface area contributed by atoms with Gasteiger partial charge in [0, 0.05) is 49.1 Å². The molecule has 7 nitrogen and oxygen atoms in total. The lowest BCUT2D eigenvalue weighted by Crippen LogP contribution is -2.43. The average Bonchev–Trinajstić information content (AvgIpc) is 2.96. The number of anilines is 2. The molecule has 10 heteroatoms. The van der Waals surface area contributed by atoms with E-state index < -0.39 is 21.7 Å². The minimum atomic E-state index is -1.62. The van der Waals surface area contributed by atoms with Crippen molar-refractivity contribution in [3.05, 3.63) is 88.6 Å². The van der Waals surface area contributed by atoms with E-state index in [4.69, 9.17) is 34.8 Å². The highest BCUT2D eigenvalue weighted by molar-refractivity contribution is 6.66. The first kappa shape index (κ1) is 30.9. The number of amides is 1. The van der Waals surface area contributed by atoms with Gasteiger partial charge < -0.3 is 20.6 Å². The van der Waals surface area contributed by atoms with Crippen molar-refractivity contribution in [2.45, 2.75) is 49.4 Å². The summed E-state index contributed by atoms with van der Waals surface area (Å²) in [6.45, 7) is 6.46. The van der Waals surface area contributed by atoms with E-state index in [-0.39, 0.29) is 6.42 Å². The molecule has 1 atom stereocenters. The number of benzene rings is 2. The van der Waals surface area contributed by atoms with Gasteiger partial charge in [-0.3, -0.25) is 4.79 Å². The van der Waals surface area contributed by atoms with Gasteiger partial charge in [-0.1, -0.05) is 72.1 Å². The van der Waals surface area contributed by atoms with Crippen molar-refractivity contribution in [2.24, 2.45) is 5.92 Å². The first-order chi connectivity index (χ1) is 19.5. The van der Waals surface area contributed by atoms with Crippen molar-refractivity contribution in [3.63, 3.8) is 0 Å². The summed E-state index contributed by atoms with van der Waals surface area (Å²) in [5, 5.41) is 16.0. The lowest BCUT2D eigenvalue weighted by molar-refractivity contribution is -0.139. The summed E-state index contributed by atoms with van der Waals surface area (Å²) >= 11 is 18.2. The summed E-state index contributed by atoms with van der Waals surface area (Å²) in [6, 6.07) is 16.0. The molecule has 1 aliphatic heterocycles. The van der Waals surface area contributed by atoms with Crippen LogP contribution in [0.1, 0.15) is 52.4 Å². The van der Waals surface area contributed by atoms with Crippen molar-refractivity contribution in [3.8, 4) is 0 Å². The Bertz CT molecular complexity index is 1340. The summed E-state index contributed by atoms with van der Waals surface area (Å²) in [4.78, 5) is 32.0. The summed E-state index contributed by atoms with van der Waals surface area (Å²) in [6.07, 6.45) is 4.63. The minimum Gasteiger partial charge on any atom is -0.480 e. The highest BCUT2D eigenvalue weighted by Crippen LogP contribution is 2.39. The van der Waals surface area contributed by atoms with Crippen LogP contribution in [0.2, 0.25) is 0 Å². The normalized spacial score (nSPS) is 14.9. The first-order valence-corrected chi connectivity index (χ1v) is 14.9. The zero-order valence-electron chi connectivity index (χ0n) is 23.2. The second kappa shape index (κ2) is 13.8. The molecule has 0 spiro atoms. The van der Waals surface area contributed by atoms with Crippen LogP contribution in [0.25, 0.3) is 0 Å². The number of carbonyl (C=O) groups is 2. The van der Waals surface area contributed by atoms with Crippen molar-refractivity contribution in [1.29, 1.82) is 0 Å². The molecule has 2 heterocycles. The number of alkyl halides is 3. The number of aromatic nitrogens is 1. The fourth-order valence-electron chi connectivity index (χ4n) is 5.25. The van der Waals surface area contributed by atoms with Crippen LogP contribution in [0.5, 0.6) is 0 Å². The van der Waals surface area contributed by atoms with Crippen molar-refractivity contribution in [1.82, 2.24) is 10.3 Å². The van der Waals surface area contributed by atoms with Gasteiger partial charge >= 0.3 is 5.97 Å². The molecule has 3 aromatic rings. The monoisotopic (exact) mass is 616 g/mol. The van der Waals surface area contributed by atoms with Crippen LogP contribution in [0.15, 0.2) is 60.8 Å². The Kier molecular flexibility index (Phi) is 10.4. The second-order valence-electron chi connectivity index (χ2n) is 10.4.